The molecule has 1 aromatic carbocycles. The van der Waals surface area contributed by atoms with E-state index in [2.05, 4.69) is 11.8 Å². The second-order valence-corrected chi connectivity index (χ2v) is 3.80. The van der Waals surface area contributed by atoms with Crippen LogP contribution >= 0.6 is 0 Å². The highest BCUT2D eigenvalue weighted by molar-refractivity contribution is 5.38. The van der Waals surface area contributed by atoms with E-state index in [0.717, 1.165) is 12.0 Å². The average molecular weight is 236 g/mol. The summed E-state index contributed by atoms with van der Waals surface area (Å²) in [6.07, 6.45) is 1.13. The van der Waals surface area contributed by atoms with Crippen molar-refractivity contribution >= 4 is 0 Å². The third-order valence-corrected chi connectivity index (χ3v) is 2.44. The summed E-state index contributed by atoms with van der Waals surface area (Å²) >= 11 is 0. The number of rotatable bonds is 4. The summed E-state index contributed by atoms with van der Waals surface area (Å²) in [5, 5.41) is 8.58. The number of aliphatic hydroxyl groups excluding tert-OH is 1. The molecular formula is C14H17FO2. The van der Waals surface area contributed by atoms with Crippen LogP contribution in [0.25, 0.3) is 0 Å². The van der Waals surface area contributed by atoms with E-state index in [4.69, 9.17) is 9.84 Å². The van der Waals surface area contributed by atoms with Crippen molar-refractivity contribution < 1.29 is 14.2 Å². The van der Waals surface area contributed by atoms with E-state index < -0.39 is 0 Å². The molecule has 1 N–H and O–H groups in total. The zero-order valence-electron chi connectivity index (χ0n) is 10.2. The van der Waals surface area contributed by atoms with Crippen LogP contribution in [0.3, 0.4) is 0 Å². The average Bonchev–Trinajstić information content (AvgIpc) is 2.35. The maximum absolute atomic E-state index is 13.3. The Hall–Kier alpha value is -1.37. The van der Waals surface area contributed by atoms with Gasteiger partial charge in [0.05, 0.1) is 18.3 Å². The number of aliphatic hydroxyl groups is 1. The summed E-state index contributed by atoms with van der Waals surface area (Å²) in [5.74, 6) is 4.63. The molecule has 0 radical (unpaired) electrons. The van der Waals surface area contributed by atoms with Gasteiger partial charge in [0.25, 0.3) is 0 Å². The first-order valence-electron chi connectivity index (χ1n) is 5.67. The van der Waals surface area contributed by atoms with Crippen molar-refractivity contribution in [3.05, 3.63) is 35.1 Å². The predicted molar refractivity (Wildman–Crippen MR) is 64.9 cm³/mol. The summed E-state index contributed by atoms with van der Waals surface area (Å²) in [6.45, 7) is 4.22. The van der Waals surface area contributed by atoms with Crippen LogP contribution < -0.4 is 0 Å². The van der Waals surface area contributed by atoms with Gasteiger partial charge in [-0.2, -0.15) is 0 Å². The standard InChI is InChI=1S/C14H17FO2/c1-3-11(2)17-10-12-6-7-14(15)13(9-12)5-4-8-16/h6-7,9,11,16H,3,8,10H2,1-2H3. The van der Waals surface area contributed by atoms with Crippen LogP contribution in [0.5, 0.6) is 0 Å². The van der Waals surface area contributed by atoms with Gasteiger partial charge < -0.3 is 9.84 Å². The summed E-state index contributed by atoms with van der Waals surface area (Å²) in [5.41, 5.74) is 1.18. The van der Waals surface area contributed by atoms with Crippen LogP contribution in [0.2, 0.25) is 0 Å². The SMILES string of the molecule is CCC(C)OCc1ccc(F)c(C#CCO)c1. The molecule has 0 heterocycles. The van der Waals surface area contributed by atoms with Crippen molar-refractivity contribution in [2.24, 2.45) is 0 Å². The molecule has 1 unspecified atom stereocenters. The van der Waals surface area contributed by atoms with E-state index >= 15 is 0 Å². The summed E-state index contributed by atoms with van der Waals surface area (Å²) < 4.78 is 18.9. The first kappa shape index (κ1) is 13.7. The van der Waals surface area contributed by atoms with Crippen LogP contribution in [0.15, 0.2) is 18.2 Å². The quantitative estimate of drug-likeness (QED) is 0.814. The van der Waals surface area contributed by atoms with Gasteiger partial charge in [0.2, 0.25) is 0 Å². The third-order valence-electron chi connectivity index (χ3n) is 2.44. The molecule has 0 saturated carbocycles. The molecule has 0 spiro atoms. The van der Waals surface area contributed by atoms with Crippen LogP contribution in [0, 0.1) is 17.7 Å². The molecule has 0 aliphatic heterocycles. The number of ether oxygens (including phenoxy) is 1. The lowest BCUT2D eigenvalue weighted by atomic mass is 10.1. The Morgan fingerprint density at radius 3 is 2.88 bits per heavy atom. The van der Waals surface area contributed by atoms with Gasteiger partial charge in [-0.25, -0.2) is 4.39 Å². The molecule has 1 aromatic rings. The van der Waals surface area contributed by atoms with Crippen LogP contribution in [-0.2, 0) is 11.3 Å². The third kappa shape index (κ3) is 4.56. The van der Waals surface area contributed by atoms with E-state index in [1.807, 2.05) is 13.8 Å². The van der Waals surface area contributed by atoms with Crippen molar-refractivity contribution in [3.8, 4) is 11.8 Å². The van der Waals surface area contributed by atoms with E-state index in [1.54, 1.807) is 12.1 Å². The minimum Gasteiger partial charge on any atom is -0.384 e. The van der Waals surface area contributed by atoms with Gasteiger partial charge in [-0.05, 0) is 31.0 Å². The Kier molecular flexibility index (Phi) is 5.68. The molecule has 0 amide bonds. The second-order valence-electron chi connectivity index (χ2n) is 3.80. The number of benzene rings is 1. The highest BCUT2D eigenvalue weighted by Gasteiger charge is 2.03. The van der Waals surface area contributed by atoms with Crippen molar-refractivity contribution in [3.63, 3.8) is 0 Å². The zero-order chi connectivity index (χ0) is 12.7. The van der Waals surface area contributed by atoms with E-state index in [1.165, 1.54) is 6.07 Å². The molecule has 2 nitrogen and oxygen atoms in total. The van der Waals surface area contributed by atoms with Gasteiger partial charge in [0, 0.05) is 0 Å². The molecule has 1 rings (SSSR count). The first-order valence-corrected chi connectivity index (χ1v) is 5.67. The molecule has 92 valence electrons. The maximum Gasteiger partial charge on any atom is 0.138 e. The molecule has 0 aliphatic rings. The summed E-state index contributed by atoms with van der Waals surface area (Å²) in [4.78, 5) is 0. The topological polar surface area (TPSA) is 29.5 Å². The summed E-state index contributed by atoms with van der Waals surface area (Å²) in [6, 6.07) is 4.71. The predicted octanol–water partition coefficient (Wildman–Crippen LogP) is 2.48. The van der Waals surface area contributed by atoms with Crippen LogP contribution in [0.4, 0.5) is 4.39 Å². The molecule has 3 heteroatoms. The Bertz CT molecular complexity index is 418. The normalized spacial score (nSPS) is 11.8. The fourth-order valence-corrected chi connectivity index (χ4v) is 1.25. The summed E-state index contributed by atoms with van der Waals surface area (Å²) in [7, 11) is 0. The number of hydrogen-bond acceptors (Lipinski definition) is 2. The van der Waals surface area contributed by atoms with E-state index in [9.17, 15) is 4.39 Å². The largest absolute Gasteiger partial charge is 0.384 e. The Morgan fingerprint density at radius 2 is 2.24 bits per heavy atom. The Morgan fingerprint density at radius 1 is 1.47 bits per heavy atom. The molecule has 0 fully saturated rings. The minimum atomic E-state index is -0.377. The molecule has 1 atom stereocenters. The lowest BCUT2D eigenvalue weighted by Gasteiger charge is -2.10. The van der Waals surface area contributed by atoms with Crippen molar-refractivity contribution in [1.82, 2.24) is 0 Å². The highest BCUT2D eigenvalue weighted by Crippen LogP contribution is 2.12. The van der Waals surface area contributed by atoms with Gasteiger partial charge >= 0.3 is 0 Å². The Balaban J connectivity index is 2.74. The Labute approximate surface area is 101 Å². The van der Waals surface area contributed by atoms with Crippen molar-refractivity contribution in [2.45, 2.75) is 33.0 Å². The molecule has 0 aromatic heterocycles. The van der Waals surface area contributed by atoms with E-state index in [0.29, 0.717) is 12.2 Å². The van der Waals surface area contributed by atoms with Crippen LogP contribution in [-0.4, -0.2) is 17.8 Å². The van der Waals surface area contributed by atoms with Gasteiger partial charge in [0.1, 0.15) is 12.4 Å². The fourth-order valence-electron chi connectivity index (χ4n) is 1.25. The molecular weight excluding hydrogens is 219 g/mol. The lowest BCUT2D eigenvalue weighted by molar-refractivity contribution is 0.0508. The number of halogens is 1. The van der Waals surface area contributed by atoms with E-state index in [-0.39, 0.29) is 18.5 Å². The molecule has 0 bridgehead atoms. The van der Waals surface area contributed by atoms with Gasteiger partial charge in [0.15, 0.2) is 0 Å². The van der Waals surface area contributed by atoms with Crippen molar-refractivity contribution in [1.29, 1.82) is 0 Å². The number of hydrogen-bond donors (Lipinski definition) is 1. The fraction of sp³-hybridized carbons (Fsp3) is 0.429. The van der Waals surface area contributed by atoms with Gasteiger partial charge in [-0.1, -0.05) is 24.8 Å². The van der Waals surface area contributed by atoms with Gasteiger partial charge in [-0.15, -0.1) is 0 Å². The molecule has 17 heavy (non-hydrogen) atoms. The zero-order valence-corrected chi connectivity index (χ0v) is 10.2. The van der Waals surface area contributed by atoms with Gasteiger partial charge in [-0.3, -0.25) is 0 Å². The molecule has 0 aliphatic carbocycles. The highest BCUT2D eigenvalue weighted by atomic mass is 19.1. The monoisotopic (exact) mass is 236 g/mol. The van der Waals surface area contributed by atoms with Crippen molar-refractivity contribution in [2.75, 3.05) is 6.61 Å². The lowest BCUT2D eigenvalue weighted by Crippen LogP contribution is -2.06. The second kappa shape index (κ2) is 7.05. The molecule has 0 saturated heterocycles. The maximum atomic E-state index is 13.3. The smallest absolute Gasteiger partial charge is 0.138 e. The van der Waals surface area contributed by atoms with Crippen LogP contribution in [0.1, 0.15) is 31.4 Å². The minimum absolute atomic E-state index is 0.187. The first-order chi connectivity index (χ1) is 8.17.